The Morgan fingerprint density at radius 2 is 1.92 bits per heavy atom. The Morgan fingerprint density at radius 1 is 1.12 bits per heavy atom. The highest BCUT2D eigenvalue weighted by Gasteiger charge is 2.17. The summed E-state index contributed by atoms with van der Waals surface area (Å²) in [6.45, 7) is 0. The number of amides is 1. The first-order chi connectivity index (χ1) is 12.2. The number of nitrogens with zero attached hydrogens (tertiary/aromatic N) is 2. The van der Waals surface area contributed by atoms with Crippen molar-refractivity contribution in [3.8, 4) is 17.0 Å². The van der Waals surface area contributed by atoms with Crippen LogP contribution in [0.25, 0.3) is 11.1 Å². The third-order valence-corrected chi connectivity index (χ3v) is 3.74. The molecule has 3 aromatic rings. The number of benzene rings is 1. The van der Waals surface area contributed by atoms with E-state index in [1.54, 1.807) is 25.7 Å². The Hall–Kier alpha value is -3.41. The summed E-state index contributed by atoms with van der Waals surface area (Å²) < 4.78 is 5.15. The Kier molecular flexibility index (Phi) is 4.89. The van der Waals surface area contributed by atoms with Gasteiger partial charge >= 0.3 is 0 Å². The highest BCUT2D eigenvalue weighted by atomic mass is 16.5. The van der Waals surface area contributed by atoms with E-state index in [0.717, 1.165) is 16.7 Å². The van der Waals surface area contributed by atoms with Gasteiger partial charge in [0.25, 0.3) is 0 Å². The fourth-order valence-electron chi connectivity index (χ4n) is 2.51. The molecule has 0 fully saturated rings. The number of hydrogen-bond acceptors (Lipinski definition) is 5. The van der Waals surface area contributed by atoms with Crippen LogP contribution in [0.15, 0.2) is 67.1 Å². The summed E-state index contributed by atoms with van der Waals surface area (Å²) in [7, 11) is 1.57. The van der Waals surface area contributed by atoms with Gasteiger partial charge in [-0.25, -0.2) is 4.98 Å². The van der Waals surface area contributed by atoms with Crippen molar-refractivity contribution in [2.45, 2.75) is 6.04 Å². The van der Waals surface area contributed by atoms with E-state index in [1.807, 2.05) is 48.5 Å². The maximum Gasteiger partial charge on any atom is 0.244 e. The number of carbonyl (C=O) groups is 1. The third kappa shape index (κ3) is 3.92. The second-order valence-corrected chi connectivity index (χ2v) is 5.44. The average molecular weight is 334 g/mol. The number of primary amides is 1. The van der Waals surface area contributed by atoms with Crippen LogP contribution in [0.4, 0.5) is 5.69 Å². The lowest BCUT2D eigenvalue weighted by molar-refractivity contribution is -0.118. The number of pyridine rings is 2. The van der Waals surface area contributed by atoms with E-state index in [9.17, 15) is 4.79 Å². The summed E-state index contributed by atoms with van der Waals surface area (Å²) in [5, 5.41) is 3.15. The lowest BCUT2D eigenvalue weighted by atomic mass is 10.1. The van der Waals surface area contributed by atoms with Crippen LogP contribution in [0.3, 0.4) is 0 Å². The predicted molar refractivity (Wildman–Crippen MR) is 96.0 cm³/mol. The summed E-state index contributed by atoms with van der Waals surface area (Å²) in [5.74, 6) is 0.0670. The summed E-state index contributed by atoms with van der Waals surface area (Å²) in [4.78, 5) is 20.2. The Labute approximate surface area is 145 Å². The van der Waals surface area contributed by atoms with Crippen LogP contribution in [0.1, 0.15) is 11.6 Å². The van der Waals surface area contributed by atoms with Crippen LogP contribution >= 0.6 is 0 Å². The minimum atomic E-state index is -0.634. The van der Waals surface area contributed by atoms with Gasteiger partial charge in [0.15, 0.2) is 0 Å². The molecule has 6 nitrogen and oxygen atoms in total. The normalized spacial score (nSPS) is 11.6. The largest absolute Gasteiger partial charge is 0.481 e. The molecule has 0 radical (unpaired) electrons. The van der Waals surface area contributed by atoms with E-state index < -0.39 is 11.9 Å². The van der Waals surface area contributed by atoms with Gasteiger partial charge in [0, 0.05) is 24.0 Å². The summed E-state index contributed by atoms with van der Waals surface area (Å²) in [6, 6.07) is 14.3. The summed E-state index contributed by atoms with van der Waals surface area (Å²) in [6.07, 6.45) is 5.06. The summed E-state index contributed by atoms with van der Waals surface area (Å²) in [5.41, 5.74) is 8.84. The fourth-order valence-corrected chi connectivity index (χ4v) is 2.51. The number of ether oxygens (including phenoxy) is 1. The van der Waals surface area contributed by atoms with Crippen LogP contribution in [-0.4, -0.2) is 23.0 Å². The van der Waals surface area contributed by atoms with Gasteiger partial charge in [-0.2, -0.15) is 0 Å². The molecule has 1 amide bonds. The van der Waals surface area contributed by atoms with E-state index in [1.165, 1.54) is 0 Å². The number of carbonyl (C=O) groups excluding carboxylic acids is 1. The van der Waals surface area contributed by atoms with Crippen molar-refractivity contribution in [3.63, 3.8) is 0 Å². The van der Waals surface area contributed by atoms with E-state index in [0.29, 0.717) is 11.6 Å². The monoisotopic (exact) mass is 334 g/mol. The van der Waals surface area contributed by atoms with Crippen LogP contribution < -0.4 is 15.8 Å². The SMILES string of the molecule is COc1cc(-c2cncc(NC(C(N)=O)c3ccccc3)c2)ccn1. The Morgan fingerprint density at radius 3 is 2.64 bits per heavy atom. The molecule has 0 saturated carbocycles. The zero-order valence-corrected chi connectivity index (χ0v) is 13.7. The van der Waals surface area contributed by atoms with Gasteiger partial charge in [-0.1, -0.05) is 30.3 Å². The first-order valence-electron chi connectivity index (χ1n) is 7.73. The second-order valence-electron chi connectivity index (χ2n) is 5.44. The van der Waals surface area contributed by atoms with E-state index in [-0.39, 0.29) is 0 Å². The van der Waals surface area contributed by atoms with Gasteiger partial charge in [-0.3, -0.25) is 9.78 Å². The molecule has 0 aliphatic carbocycles. The third-order valence-electron chi connectivity index (χ3n) is 3.74. The Balaban J connectivity index is 1.89. The van der Waals surface area contributed by atoms with Gasteiger partial charge in [0.05, 0.1) is 19.0 Å². The molecule has 0 aliphatic heterocycles. The molecule has 3 N–H and O–H groups in total. The average Bonchev–Trinajstić information content (AvgIpc) is 2.67. The summed E-state index contributed by atoms with van der Waals surface area (Å²) >= 11 is 0. The maximum atomic E-state index is 11.9. The predicted octanol–water partition coefficient (Wildman–Crippen LogP) is 2.79. The van der Waals surface area contributed by atoms with Crippen LogP contribution in [0, 0.1) is 0 Å². The smallest absolute Gasteiger partial charge is 0.244 e. The van der Waals surface area contributed by atoms with Gasteiger partial charge in [0.1, 0.15) is 6.04 Å². The lowest BCUT2D eigenvalue weighted by Crippen LogP contribution is -2.27. The highest BCUT2D eigenvalue weighted by molar-refractivity contribution is 5.84. The van der Waals surface area contributed by atoms with Crippen LogP contribution in [0.2, 0.25) is 0 Å². The molecule has 1 aromatic carbocycles. The van der Waals surface area contributed by atoms with Crippen molar-refractivity contribution < 1.29 is 9.53 Å². The molecule has 6 heteroatoms. The van der Waals surface area contributed by atoms with Crippen molar-refractivity contribution in [2.24, 2.45) is 5.73 Å². The van der Waals surface area contributed by atoms with Gasteiger partial charge in [-0.05, 0) is 23.3 Å². The second kappa shape index (κ2) is 7.44. The van der Waals surface area contributed by atoms with Crippen molar-refractivity contribution in [1.29, 1.82) is 0 Å². The molecular weight excluding hydrogens is 316 g/mol. The van der Waals surface area contributed by atoms with Crippen LogP contribution in [-0.2, 0) is 4.79 Å². The molecular formula is C19H18N4O2. The van der Waals surface area contributed by atoms with Crippen molar-refractivity contribution in [3.05, 3.63) is 72.7 Å². The number of anilines is 1. The van der Waals surface area contributed by atoms with Gasteiger partial charge in [-0.15, -0.1) is 0 Å². The first kappa shape index (κ1) is 16.4. The molecule has 3 rings (SSSR count). The first-order valence-corrected chi connectivity index (χ1v) is 7.73. The Bertz CT molecular complexity index is 868. The fraction of sp³-hybridized carbons (Fsp3) is 0.105. The molecule has 1 atom stereocenters. The number of hydrogen-bond donors (Lipinski definition) is 2. The minimum absolute atomic E-state index is 0.456. The molecule has 126 valence electrons. The molecule has 25 heavy (non-hydrogen) atoms. The van der Waals surface area contributed by atoms with Crippen molar-refractivity contribution in [2.75, 3.05) is 12.4 Å². The molecule has 2 aromatic heterocycles. The number of nitrogens with two attached hydrogens (primary N) is 1. The van der Waals surface area contributed by atoms with E-state index >= 15 is 0 Å². The van der Waals surface area contributed by atoms with E-state index in [4.69, 9.17) is 10.5 Å². The standard InChI is InChI=1S/C19H18N4O2/c1-25-17-10-14(7-8-22-17)15-9-16(12-21-11-15)23-18(19(20)24)13-5-3-2-4-6-13/h2-12,18,23H,1H3,(H2,20,24). The maximum absolute atomic E-state index is 11.9. The number of methoxy groups -OCH3 is 1. The number of nitrogens with one attached hydrogen (secondary N) is 1. The molecule has 0 bridgehead atoms. The molecule has 0 spiro atoms. The highest BCUT2D eigenvalue weighted by Crippen LogP contribution is 2.26. The van der Waals surface area contributed by atoms with Crippen LogP contribution in [0.5, 0.6) is 5.88 Å². The number of rotatable bonds is 6. The topological polar surface area (TPSA) is 90.1 Å². The zero-order valence-electron chi connectivity index (χ0n) is 13.7. The molecule has 0 saturated heterocycles. The minimum Gasteiger partial charge on any atom is -0.481 e. The van der Waals surface area contributed by atoms with Gasteiger partial charge < -0.3 is 15.8 Å². The molecule has 1 unspecified atom stereocenters. The molecule has 2 heterocycles. The quantitative estimate of drug-likeness (QED) is 0.723. The van der Waals surface area contributed by atoms with Crippen molar-refractivity contribution in [1.82, 2.24) is 9.97 Å². The lowest BCUT2D eigenvalue weighted by Gasteiger charge is -2.17. The molecule has 0 aliphatic rings. The number of aromatic nitrogens is 2. The zero-order chi connectivity index (χ0) is 17.6. The van der Waals surface area contributed by atoms with E-state index in [2.05, 4.69) is 15.3 Å². The van der Waals surface area contributed by atoms with Gasteiger partial charge in [0.2, 0.25) is 11.8 Å². The van der Waals surface area contributed by atoms with Crippen molar-refractivity contribution >= 4 is 11.6 Å².